The summed E-state index contributed by atoms with van der Waals surface area (Å²) in [5.74, 6) is -3.88. The lowest BCUT2D eigenvalue weighted by atomic mass is 9.59. The van der Waals surface area contributed by atoms with Crippen molar-refractivity contribution >= 4 is 63.3 Å². The number of benzene rings is 5. The van der Waals surface area contributed by atoms with Crippen molar-refractivity contribution in [3.05, 3.63) is 176 Å². The Labute approximate surface area is 285 Å². The number of nitro groups is 1. The summed E-state index contributed by atoms with van der Waals surface area (Å²) < 4.78 is 0. The lowest BCUT2D eigenvalue weighted by molar-refractivity contribution is -0.384. The molecule has 8 rings (SSSR count). The number of imide groups is 1. The van der Waals surface area contributed by atoms with Crippen molar-refractivity contribution in [2.75, 3.05) is 4.90 Å². The average Bonchev–Trinajstić information content (AvgIpc) is 3.61. The van der Waals surface area contributed by atoms with Crippen molar-refractivity contribution in [2.45, 2.75) is 10.8 Å². The van der Waals surface area contributed by atoms with Gasteiger partial charge in [0.25, 0.3) is 5.69 Å². The van der Waals surface area contributed by atoms with Crippen molar-refractivity contribution in [3.8, 4) is 0 Å². The Morgan fingerprint density at radius 3 is 1.44 bits per heavy atom. The van der Waals surface area contributed by atoms with Gasteiger partial charge in [-0.2, -0.15) is 0 Å². The molecule has 2 amide bonds. The van der Waals surface area contributed by atoms with Crippen LogP contribution in [0.5, 0.6) is 0 Å². The smallest absolute Gasteiger partial charge is 0.271 e. The molecule has 2 fully saturated rings. The third-order valence-electron chi connectivity index (χ3n) is 10.0. The van der Waals surface area contributed by atoms with Crippen LogP contribution in [0, 0.1) is 22.0 Å². The fourth-order valence-corrected chi connectivity index (χ4v) is 8.61. The minimum atomic E-state index is -1.64. The summed E-state index contributed by atoms with van der Waals surface area (Å²) in [6.45, 7) is 0. The molecule has 0 unspecified atom stereocenters. The van der Waals surface area contributed by atoms with Crippen molar-refractivity contribution in [1.29, 1.82) is 0 Å². The highest BCUT2D eigenvalue weighted by Crippen LogP contribution is 2.74. The molecule has 234 valence electrons. The van der Waals surface area contributed by atoms with Crippen molar-refractivity contribution < 1.29 is 19.3 Å². The molecule has 3 aliphatic rings. The van der Waals surface area contributed by atoms with Crippen molar-refractivity contribution in [3.63, 3.8) is 0 Å². The maximum atomic E-state index is 15.9. The highest BCUT2D eigenvalue weighted by Gasteiger charge is 2.82. The third-order valence-corrected chi connectivity index (χ3v) is 10.5. The zero-order chi connectivity index (χ0) is 33.4. The fourth-order valence-electron chi connectivity index (χ4n) is 8.36. The number of Topliss-reactive ketones (excluding diaryl/α,β-unsaturated/α-hetero) is 1. The van der Waals surface area contributed by atoms with E-state index in [1.54, 1.807) is 48.5 Å². The predicted octanol–water partition coefficient (Wildman–Crippen LogP) is 8.09. The van der Waals surface area contributed by atoms with Gasteiger partial charge in [-0.15, -0.1) is 0 Å². The normalized spacial score (nSPS) is 24.4. The quantitative estimate of drug-likeness (QED) is 0.103. The number of allylic oxidation sites excluding steroid dienone is 2. The van der Waals surface area contributed by atoms with Gasteiger partial charge in [-0.1, -0.05) is 114 Å². The number of carbonyl (C=O) groups excluding carboxylic acids is 3. The Bertz CT molecular complexity index is 2080. The van der Waals surface area contributed by atoms with Gasteiger partial charge >= 0.3 is 0 Å². The highest BCUT2D eigenvalue weighted by atomic mass is 35.5. The summed E-state index contributed by atoms with van der Waals surface area (Å²) in [6, 6.07) is 38.1. The number of ketones is 1. The fraction of sp³-hybridized carbons (Fsp3) is 0.103. The van der Waals surface area contributed by atoms with E-state index in [-0.39, 0.29) is 17.2 Å². The van der Waals surface area contributed by atoms with E-state index in [1.165, 1.54) is 24.3 Å². The molecule has 0 radical (unpaired) electrons. The van der Waals surface area contributed by atoms with Crippen LogP contribution in [-0.4, -0.2) is 22.5 Å². The molecule has 0 N–H and O–H groups in total. The van der Waals surface area contributed by atoms with Crippen LogP contribution >= 0.6 is 23.2 Å². The summed E-state index contributed by atoms with van der Waals surface area (Å²) in [4.78, 5) is 58.2. The first kappa shape index (κ1) is 30.0. The minimum absolute atomic E-state index is 0.0699. The zero-order valence-electron chi connectivity index (χ0n) is 25.0. The van der Waals surface area contributed by atoms with Gasteiger partial charge in [0.05, 0.1) is 33.3 Å². The Hall–Kier alpha value is -5.37. The molecular weight excluding hydrogens is 647 g/mol. The predicted molar refractivity (Wildman–Crippen MR) is 184 cm³/mol. The molecule has 9 heteroatoms. The molecule has 2 aliphatic carbocycles. The number of halogens is 2. The lowest BCUT2D eigenvalue weighted by Gasteiger charge is -2.39. The highest BCUT2D eigenvalue weighted by molar-refractivity contribution is 6.39. The summed E-state index contributed by atoms with van der Waals surface area (Å²) in [7, 11) is 0. The molecule has 2 bridgehead atoms. The second kappa shape index (κ2) is 10.8. The molecule has 0 aromatic heterocycles. The maximum absolute atomic E-state index is 15.9. The van der Waals surface area contributed by atoms with E-state index in [0.717, 1.165) is 16.0 Å². The number of hydrogen-bond donors (Lipinski definition) is 0. The maximum Gasteiger partial charge on any atom is 0.271 e. The average molecular weight is 672 g/mol. The van der Waals surface area contributed by atoms with Crippen molar-refractivity contribution in [2.24, 2.45) is 11.8 Å². The first-order valence-corrected chi connectivity index (χ1v) is 16.0. The molecule has 5 aromatic carbocycles. The van der Waals surface area contributed by atoms with Gasteiger partial charge < -0.3 is 0 Å². The number of anilines is 1. The van der Waals surface area contributed by atoms with E-state index in [1.807, 2.05) is 60.7 Å². The van der Waals surface area contributed by atoms with Crippen LogP contribution < -0.4 is 4.90 Å². The Morgan fingerprint density at radius 2 is 1.02 bits per heavy atom. The van der Waals surface area contributed by atoms with Gasteiger partial charge in [0.2, 0.25) is 11.8 Å². The molecule has 4 atom stereocenters. The van der Waals surface area contributed by atoms with Gasteiger partial charge in [0.15, 0.2) is 5.78 Å². The molecule has 1 saturated carbocycles. The molecule has 1 heterocycles. The zero-order valence-corrected chi connectivity index (χ0v) is 26.6. The first-order chi connectivity index (χ1) is 23.2. The van der Waals surface area contributed by atoms with E-state index in [4.69, 9.17) is 23.2 Å². The molecule has 1 saturated heterocycles. The van der Waals surface area contributed by atoms with Gasteiger partial charge in [-0.25, -0.2) is 4.90 Å². The van der Waals surface area contributed by atoms with Crippen LogP contribution in [0.4, 0.5) is 11.4 Å². The summed E-state index contributed by atoms with van der Waals surface area (Å²) >= 11 is 12.8. The van der Waals surface area contributed by atoms with Crippen LogP contribution in [0.2, 0.25) is 10.0 Å². The summed E-state index contributed by atoms with van der Waals surface area (Å²) in [6.07, 6.45) is 0. The number of hydrogen-bond acceptors (Lipinski definition) is 5. The number of rotatable bonds is 6. The third kappa shape index (κ3) is 3.86. The van der Waals surface area contributed by atoms with Crippen LogP contribution in [0.25, 0.3) is 11.1 Å². The van der Waals surface area contributed by atoms with Crippen LogP contribution in [0.15, 0.2) is 133 Å². The standard InChI is InChI=1S/C39H24Cl2N2O5/c40-27-18-14-25(15-19-27)38-31(23-8-3-1-4-9-23)32(24-10-5-2-6-11-24)39(37(38)46,26-16-20-28(41)21-17-26)34-33(38)35(44)42(36(34)45)29-12-7-13-30(22-29)43(47)48/h1-22,33-34H/t33-,34-,38-,39-/m1/s1. The van der Waals surface area contributed by atoms with Gasteiger partial charge in [-0.05, 0) is 63.7 Å². The molecule has 5 aromatic rings. The van der Waals surface area contributed by atoms with E-state index >= 15 is 14.4 Å². The summed E-state index contributed by atoms with van der Waals surface area (Å²) in [5, 5.41) is 12.6. The molecule has 1 aliphatic heterocycles. The van der Waals surface area contributed by atoms with Gasteiger partial charge in [-0.3, -0.25) is 24.5 Å². The second-order valence-electron chi connectivity index (χ2n) is 12.2. The number of nitrogens with zero attached hydrogens (tertiary/aromatic N) is 2. The van der Waals surface area contributed by atoms with E-state index in [0.29, 0.717) is 32.3 Å². The number of nitro benzene ring substituents is 1. The Balaban J connectivity index is 1.54. The van der Waals surface area contributed by atoms with Gasteiger partial charge in [0, 0.05) is 22.2 Å². The lowest BCUT2D eigenvalue weighted by Crippen LogP contribution is -2.45. The largest absolute Gasteiger partial charge is 0.297 e. The van der Waals surface area contributed by atoms with Crippen molar-refractivity contribution in [1.82, 2.24) is 0 Å². The molecule has 48 heavy (non-hydrogen) atoms. The number of amides is 2. The van der Waals surface area contributed by atoms with Gasteiger partial charge in [0.1, 0.15) is 0 Å². The molecule has 7 nitrogen and oxygen atoms in total. The SMILES string of the molecule is O=C1[C@H]2[C@H](C(=O)N1c1cccc([N+](=O)[O-])c1)[C@]1(c3ccc(Cl)cc3)C(=O)[C@]2(c2ccc(Cl)cc2)C(c2ccccc2)=C1c1ccccc1. The Kier molecular flexibility index (Phi) is 6.77. The van der Waals surface area contributed by atoms with E-state index in [9.17, 15) is 10.1 Å². The second-order valence-corrected chi connectivity index (χ2v) is 13.1. The topological polar surface area (TPSA) is 97.6 Å². The monoisotopic (exact) mass is 670 g/mol. The number of fused-ring (bicyclic) bond motifs is 5. The van der Waals surface area contributed by atoms with Crippen LogP contribution in [0.1, 0.15) is 22.3 Å². The molecule has 0 spiro atoms. The van der Waals surface area contributed by atoms with Crippen LogP contribution in [-0.2, 0) is 25.2 Å². The van der Waals surface area contributed by atoms with Crippen LogP contribution in [0.3, 0.4) is 0 Å². The van der Waals surface area contributed by atoms with E-state index < -0.39 is 39.4 Å². The number of carbonyl (C=O) groups is 3. The number of non-ortho nitro benzene ring substituents is 1. The Morgan fingerprint density at radius 1 is 0.583 bits per heavy atom. The van der Waals surface area contributed by atoms with E-state index in [2.05, 4.69) is 0 Å². The summed E-state index contributed by atoms with van der Waals surface area (Å²) in [5.41, 5.74) is 0.278. The minimum Gasteiger partial charge on any atom is -0.297 e. The first-order valence-electron chi connectivity index (χ1n) is 15.3. The molecular formula is C39H24Cl2N2O5.